The van der Waals surface area contributed by atoms with Crippen LogP contribution in [0.25, 0.3) is 0 Å². The fourth-order valence-electron chi connectivity index (χ4n) is 2.44. The molecular formula is C21H27N5O4. The van der Waals surface area contributed by atoms with E-state index in [1.807, 2.05) is 30.3 Å². The van der Waals surface area contributed by atoms with Gasteiger partial charge < -0.3 is 24.6 Å². The van der Waals surface area contributed by atoms with Gasteiger partial charge in [-0.2, -0.15) is 0 Å². The van der Waals surface area contributed by atoms with Crippen molar-refractivity contribution in [2.75, 3.05) is 26.6 Å². The summed E-state index contributed by atoms with van der Waals surface area (Å²) in [7, 11) is 4.62. The van der Waals surface area contributed by atoms with Gasteiger partial charge in [-0.25, -0.2) is 10.8 Å². The van der Waals surface area contributed by atoms with Crippen molar-refractivity contribution in [1.29, 1.82) is 0 Å². The molecule has 1 aromatic carbocycles. The Hall–Kier alpha value is -3.27. The molecule has 3 N–H and O–H groups in total. The highest BCUT2D eigenvalue weighted by Gasteiger charge is 2.13. The number of carbonyl (C=O) groups is 1. The van der Waals surface area contributed by atoms with E-state index in [-0.39, 0.29) is 18.9 Å². The predicted molar refractivity (Wildman–Crippen MR) is 114 cm³/mol. The zero-order valence-corrected chi connectivity index (χ0v) is 17.4. The van der Waals surface area contributed by atoms with Crippen molar-refractivity contribution in [2.24, 2.45) is 11.0 Å². The van der Waals surface area contributed by atoms with Crippen LogP contribution in [-0.4, -0.2) is 49.2 Å². The largest absolute Gasteiger partial charge is 0.389 e. The molecule has 0 unspecified atom stereocenters. The second-order valence-corrected chi connectivity index (χ2v) is 6.30. The smallest absolute Gasteiger partial charge is 0.230 e. The fraction of sp³-hybridized carbons (Fsp3) is 0.286. The molecule has 30 heavy (non-hydrogen) atoms. The molecule has 0 aliphatic carbocycles. The third kappa shape index (κ3) is 6.96. The third-order valence-electron chi connectivity index (χ3n) is 4.07. The molecule has 0 spiro atoms. The molecule has 1 heterocycles. The van der Waals surface area contributed by atoms with Crippen LogP contribution in [0.1, 0.15) is 17.7 Å². The Kier molecular flexibility index (Phi) is 8.95. The van der Waals surface area contributed by atoms with E-state index >= 15 is 0 Å². The molecule has 0 atom stereocenters. The first-order chi connectivity index (χ1) is 14.4. The van der Waals surface area contributed by atoms with E-state index in [2.05, 4.69) is 22.0 Å². The number of hydrogen-bond acceptors (Lipinski definition) is 8. The minimum absolute atomic E-state index is 0.0505. The summed E-state index contributed by atoms with van der Waals surface area (Å²) in [6.07, 6.45) is -0.564. The van der Waals surface area contributed by atoms with E-state index in [0.717, 1.165) is 5.56 Å². The quantitative estimate of drug-likeness (QED) is 0.252. The van der Waals surface area contributed by atoms with Crippen molar-refractivity contribution in [3.8, 4) is 0 Å². The second-order valence-electron chi connectivity index (χ2n) is 6.30. The minimum Gasteiger partial charge on any atom is -0.389 e. The van der Waals surface area contributed by atoms with Crippen LogP contribution in [0.3, 0.4) is 0 Å². The summed E-state index contributed by atoms with van der Waals surface area (Å²) < 4.78 is 10.0. The number of aromatic nitrogens is 1. The van der Waals surface area contributed by atoms with Gasteiger partial charge in [0.15, 0.2) is 12.9 Å². The van der Waals surface area contributed by atoms with Gasteiger partial charge in [-0.05, 0) is 12.1 Å². The number of nitrogens with one attached hydrogen (secondary N) is 1. The Balaban J connectivity index is 2.04. The number of amides is 1. The standard InChI is InChI=1S/C21H27N5O4/c1-15(26(2)22)21(16-9-6-5-7-10-16)25-30-14-17-11-8-12-18(23-17)24-19(27)13-20(28-3)29-4/h5-12,20H,1,13-14,22H2,2-4H3,(H,23,24,27)/b25-21+. The average molecular weight is 413 g/mol. The minimum atomic E-state index is -0.615. The Labute approximate surface area is 176 Å². The second kappa shape index (κ2) is 11.7. The van der Waals surface area contributed by atoms with E-state index in [9.17, 15) is 4.79 Å². The Bertz CT molecular complexity index is 867. The molecule has 0 fully saturated rings. The molecular weight excluding hydrogens is 386 g/mol. The Morgan fingerprint density at radius 1 is 1.20 bits per heavy atom. The maximum Gasteiger partial charge on any atom is 0.230 e. The number of pyridine rings is 1. The van der Waals surface area contributed by atoms with Gasteiger partial charge in [-0.1, -0.05) is 48.1 Å². The molecule has 0 saturated carbocycles. The SMILES string of the molecule is C=C(/C(=N\OCc1cccc(NC(=O)CC(OC)OC)n1)c1ccccc1)N(C)N. The molecule has 0 aliphatic heterocycles. The summed E-state index contributed by atoms with van der Waals surface area (Å²) in [5.74, 6) is 5.92. The molecule has 1 amide bonds. The van der Waals surface area contributed by atoms with E-state index in [0.29, 0.717) is 22.9 Å². The van der Waals surface area contributed by atoms with Crippen molar-refractivity contribution in [1.82, 2.24) is 9.99 Å². The van der Waals surface area contributed by atoms with Crippen LogP contribution in [-0.2, 0) is 25.7 Å². The molecule has 160 valence electrons. The lowest BCUT2D eigenvalue weighted by Gasteiger charge is -2.17. The highest BCUT2D eigenvalue weighted by Crippen LogP contribution is 2.12. The van der Waals surface area contributed by atoms with Gasteiger partial charge in [0, 0.05) is 26.8 Å². The van der Waals surface area contributed by atoms with Crippen LogP contribution >= 0.6 is 0 Å². The summed E-state index contributed by atoms with van der Waals surface area (Å²) in [6, 6.07) is 14.7. The van der Waals surface area contributed by atoms with E-state index < -0.39 is 6.29 Å². The zero-order valence-electron chi connectivity index (χ0n) is 17.4. The molecule has 2 rings (SSSR count). The van der Waals surface area contributed by atoms with Crippen molar-refractivity contribution in [2.45, 2.75) is 19.3 Å². The van der Waals surface area contributed by atoms with Crippen LogP contribution in [0, 0.1) is 0 Å². The van der Waals surface area contributed by atoms with Gasteiger partial charge in [0.2, 0.25) is 5.91 Å². The van der Waals surface area contributed by atoms with Gasteiger partial charge in [0.05, 0.1) is 17.8 Å². The van der Waals surface area contributed by atoms with Crippen LogP contribution < -0.4 is 11.2 Å². The number of hydrogen-bond donors (Lipinski definition) is 2. The van der Waals surface area contributed by atoms with Crippen molar-refractivity contribution >= 4 is 17.4 Å². The van der Waals surface area contributed by atoms with Gasteiger partial charge in [0.25, 0.3) is 0 Å². The average Bonchev–Trinajstić information content (AvgIpc) is 2.75. The predicted octanol–water partition coefficient (Wildman–Crippen LogP) is 2.27. The van der Waals surface area contributed by atoms with Gasteiger partial charge in [-0.15, -0.1) is 0 Å². The number of nitrogens with two attached hydrogens (primary N) is 1. The van der Waals surface area contributed by atoms with Crippen LogP contribution in [0.5, 0.6) is 0 Å². The number of carbonyl (C=O) groups excluding carboxylic acids is 1. The number of methoxy groups -OCH3 is 2. The lowest BCUT2D eigenvalue weighted by molar-refractivity contribution is -0.134. The van der Waals surface area contributed by atoms with Crippen LogP contribution in [0.15, 0.2) is 66.0 Å². The van der Waals surface area contributed by atoms with Gasteiger partial charge in [-0.3, -0.25) is 4.79 Å². The van der Waals surface area contributed by atoms with Crippen molar-refractivity contribution in [3.63, 3.8) is 0 Å². The molecule has 9 heteroatoms. The fourth-order valence-corrected chi connectivity index (χ4v) is 2.44. The maximum atomic E-state index is 12.1. The lowest BCUT2D eigenvalue weighted by Crippen LogP contribution is -2.29. The Morgan fingerprint density at radius 3 is 2.53 bits per heavy atom. The molecule has 9 nitrogen and oxygen atoms in total. The van der Waals surface area contributed by atoms with Gasteiger partial charge in [0.1, 0.15) is 11.5 Å². The first-order valence-electron chi connectivity index (χ1n) is 9.19. The zero-order chi connectivity index (χ0) is 21.9. The molecule has 1 aromatic heterocycles. The molecule has 0 radical (unpaired) electrons. The number of oxime groups is 1. The number of rotatable bonds is 11. The van der Waals surface area contributed by atoms with Gasteiger partial charge >= 0.3 is 0 Å². The summed E-state index contributed by atoms with van der Waals surface area (Å²) in [4.78, 5) is 21.9. The van der Waals surface area contributed by atoms with E-state index in [1.165, 1.54) is 19.2 Å². The summed E-state index contributed by atoms with van der Waals surface area (Å²) in [6.45, 7) is 4.05. The van der Waals surface area contributed by atoms with Crippen LogP contribution in [0.4, 0.5) is 5.82 Å². The highest BCUT2D eigenvalue weighted by atomic mass is 16.7. The van der Waals surface area contributed by atoms with E-state index in [4.69, 9.17) is 20.2 Å². The number of hydrazine groups is 1. The summed E-state index contributed by atoms with van der Waals surface area (Å²) in [5, 5.41) is 8.27. The number of allylic oxidation sites excluding steroid dienone is 1. The van der Waals surface area contributed by atoms with Crippen molar-refractivity contribution < 1.29 is 19.1 Å². The molecule has 2 aromatic rings. The first-order valence-corrected chi connectivity index (χ1v) is 9.19. The third-order valence-corrected chi connectivity index (χ3v) is 4.07. The Morgan fingerprint density at radius 2 is 1.90 bits per heavy atom. The molecule has 0 saturated heterocycles. The number of likely N-dealkylation sites (N-methyl/N-ethyl adjacent to an activating group) is 1. The number of benzene rings is 1. The van der Waals surface area contributed by atoms with E-state index in [1.54, 1.807) is 25.2 Å². The normalized spacial score (nSPS) is 11.3. The number of anilines is 1. The molecule has 0 aliphatic rings. The summed E-state index contributed by atoms with van der Waals surface area (Å²) >= 11 is 0. The van der Waals surface area contributed by atoms with Crippen molar-refractivity contribution in [3.05, 3.63) is 72.1 Å². The molecule has 0 bridgehead atoms. The lowest BCUT2D eigenvalue weighted by atomic mass is 10.1. The topological polar surface area (TPSA) is 111 Å². The first kappa shape index (κ1) is 23.0. The maximum absolute atomic E-state index is 12.1. The summed E-state index contributed by atoms with van der Waals surface area (Å²) in [5.41, 5.74) is 2.42. The highest BCUT2D eigenvalue weighted by molar-refractivity contribution is 6.11. The number of ether oxygens (including phenoxy) is 2. The monoisotopic (exact) mass is 413 g/mol. The number of nitrogens with zero attached hydrogens (tertiary/aromatic N) is 3. The van der Waals surface area contributed by atoms with Crippen LogP contribution in [0.2, 0.25) is 0 Å².